The number of aromatic nitrogens is 4. The molecule has 0 atom stereocenters. The van der Waals surface area contributed by atoms with E-state index in [1.54, 1.807) is 24.0 Å². The first kappa shape index (κ1) is 11.4. The molecule has 0 fully saturated rings. The highest BCUT2D eigenvalue weighted by molar-refractivity contribution is 6.11. The molecule has 0 aliphatic rings. The lowest BCUT2D eigenvalue weighted by Crippen LogP contribution is -2.12. The summed E-state index contributed by atoms with van der Waals surface area (Å²) in [6.45, 7) is 0. The van der Waals surface area contributed by atoms with Crippen molar-refractivity contribution in [2.24, 2.45) is 7.05 Å². The first-order valence-corrected chi connectivity index (χ1v) is 5.58. The van der Waals surface area contributed by atoms with Crippen molar-refractivity contribution in [3.8, 4) is 0 Å². The van der Waals surface area contributed by atoms with Gasteiger partial charge in [-0.25, -0.2) is 4.39 Å². The van der Waals surface area contributed by atoms with Gasteiger partial charge in [0.05, 0.1) is 11.9 Å². The summed E-state index contributed by atoms with van der Waals surface area (Å²) in [6, 6.07) is 4.48. The minimum absolute atomic E-state index is 0.151. The van der Waals surface area contributed by atoms with Crippen molar-refractivity contribution in [2.45, 2.75) is 0 Å². The summed E-state index contributed by atoms with van der Waals surface area (Å²) >= 11 is 0. The van der Waals surface area contributed by atoms with Gasteiger partial charge < -0.3 is 5.32 Å². The zero-order valence-corrected chi connectivity index (χ0v) is 10.0. The molecule has 96 valence electrons. The third-order valence-electron chi connectivity index (χ3n) is 2.73. The first-order valence-electron chi connectivity index (χ1n) is 5.58. The number of hydrogen-bond donors (Lipinski definition) is 2. The maximum absolute atomic E-state index is 13.5. The molecule has 7 heteroatoms. The second-order valence-electron chi connectivity index (χ2n) is 4.09. The van der Waals surface area contributed by atoms with Crippen molar-refractivity contribution in [3.05, 3.63) is 42.1 Å². The highest BCUT2D eigenvalue weighted by Crippen LogP contribution is 2.19. The van der Waals surface area contributed by atoms with Gasteiger partial charge in [-0.15, -0.1) is 0 Å². The van der Waals surface area contributed by atoms with Crippen LogP contribution in [0.5, 0.6) is 0 Å². The van der Waals surface area contributed by atoms with Crippen LogP contribution in [0, 0.1) is 5.82 Å². The summed E-state index contributed by atoms with van der Waals surface area (Å²) in [5.41, 5.74) is 0.928. The van der Waals surface area contributed by atoms with E-state index in [1.807, 2.05) is 0 Å². The van der Waals surface area contributed by atoms with E-state index in [0.29, 0.717) is 11.1 Å². The van der Waals surface area contributed by atoms with E-state index in [9.17, 15) is 9.18 Å². The fourth-order valence-corrected chi connectivity index (χ4v) is 1.86. The molecular weight excluding hydrogens is 249 g/mol. The van der Waals surface area contributed by atoms with Crippen LogP contribution in [0.3, 0.4) is 0 Å². The number of rotatable bonds is 2. The molecule has 0 aliphatic heterocycles. The maximum atomic E-state index is 13.5. The Hall–Kier alpha value is -2.70. The highest BCUT2D eigenvalue weighted by atomic mass is 19.1. The fourth-order valence-electron chi connectivity index (χ4n) is 1.86. The molecule has 0 radical (unpaired) electrons. The summed E-state index contributed by atoms with van der Waals surface area (Å²) in [5.74, 6) is -0.852. The van der Waals surface area contributed by atoms with Crippen molar-refractivity contribution in [1.82, 2.24) is 20.0 Å². The summed E-state index contributed by atoms with van der Waals surface area (Å²) in [6.07, 6.45) is 3.18. The number of nitrogens with zero attached hydrogens (tertiary/aromatic N) is 3. The summed E-state index contributed by atoms with van der Waals surface area (Å²) in [4.78, 5) is 12.1. The third kappa shape index (κ3) is 1.95. The van der Waals surface area contributed by atoms with E-state index in [4.69, 9.17) is 0 Å². The van der Waals surface area contributed by atoms with Gasteiger partial charge >= 0.3 is 0 Å². The lowest BCUT2D eigenvalue weighted by molar-refractivity contribution is 0.102. The molecule has 6 nitrogen and oxygen atoms in total. The van der Waals surface area contributed by atoms with E-state index in [2.05, 4.69) is 20.6 Å². The van der Waals surface area contributed by atoms with Crippen molar-refractivity contribution in [1.29, 1.82) is 0 Å². The molecule has 0 aliphatic carbocycles. The van der Waals surface area contributed by atoms with Crippen LogP contribution in [-0.4, -0.2) is 25.9 Å². The second kappa shape index (κ2) is 4.20. The van der Waals surface area contributed by atoms with Gasteiger partial charge in [0.2, 0.25) is 0 Å². The minimum Gasteiger partial charge on any atom is -0.318 e. The van der Waals surface area contributed by atoms with Gasteiger partial charge in [-0.2, -0.15) is 10.2 Å². The zero-order chi connectivity index (χ0) is 13.4. The number of H-pyrrole nitrogens is 1. The van der Waals surface area contributed by atoms with E-state index >= 15 is 0 Å². The van der Waals surface area contributed by atoms with Gasteiger partial charge in [0.25, 0.3) is 5.91 Å². The molecule has 1 amide bonds. The number of carbonyl (C=O) groups excluding carboxylic acids is 1. The van der Waals surface area contributed by atoms with Crippen LogP contribution in [0.2, 0.25) is 0 Å². The third-order valence-corrected chi connectivity index (χ3v) is 2.73. The van der Waals surface area contributed by atoms with Gasteiger partial charge in [0, 0.05) is 18.6 Å². The number of aromatic amines is 1. The van der Waals surface area contributed by atoms with E-state index < -0.39 is 11.7 Å². The van der Waals surface area contributed by atoms with Crippen LogP contribution >= 0.6 is 0 Å². The number of benzene rings is 1. The van der Waals surface area contributed by atoms with E-state index in [-0.39, 0.29) is 11.2 Å². The molecule has 0 spiro atoms. The molecule has 2 aromatic heterocycles. The molecule has 0 saturated heterocycles. The van der Waals surface area contributed by atoms with Crippen LogP contribution < -0.4 is 5.32 Å². The Morgan fingerprint density at radius 3 is 3.05 bits per heavy atom. The zero-order valence-electron chi connectivity index (χ0n) is 10.0. The van der Waals surface area contributed by atoms with Crippen LogP contribution in [0.25, 0.3) is 10.9 Å². The van der Waals surface area contributed by atoms with Gasteiger partial charge in [0.1, 0.15) is 11.3 Å². The van der Waals surface area contributed by atoms with E-state index in [0.717, 1.165) is 0 Å². The van der Waals surface area contributed by atoms with Crippen molar-refractivity contribution in [3.63, 3.8) is 0 Å². The van der Waals surface area contributed by atoms with Crippen LogP contribution in [0.4, 0.5) is 10.1 Å². The Morgan fingerprint density at radius 2 is 2.32 bits per heavy atom. The number of fused-ring (bicyclic) bond motifs is 1. The lowest BCUT2D eigenvalue weighted by Gasteiger charge is -1.99. The average molecular weight is 259 g/mol. The summed E-state index contributed by atoms with van der Waals surface area (Å²) < 4.78 is 15.0. The molecule has 0 bridgehead atoms. The van der Waals surface area contributed by atoms with Gasteiger partial charge in [-0.1, -0.05) is 12.1 Å². The number of carbonyl (C=O) groups is 1. The van der Waals surface area contributed by atoms with E-state index in [1.165, 1.54) is 18.3 Å². The average Bonchev–Trinajstić information content (AvgIpc) is 2.96. The second-order valence-corrected chi connectivity index (χ2v) is 4.09. The van der Waals surface area contributed by atoms with Gasteiger partial charge in [0.15, 0.2) is 5.69 Å². The quantitative estimate of drug-likeness (QED) is 0.735. The predicted octanol–water partition coefficient (Wildman–Crippen LogP) is 1.69. The molecule has 19 heavy (non-hydrogen) atoms. The molecule has 0 saturated carbocycles. The largest absolute Gasteiger partial charge is 0.318 e. The summed E-state index contributed by atoms with van der Waals surface area (Å²) in [7, 11) is 1.75. The standard InChI is InChI=1S/C12H10FN5O/c1-18-6-7(5-14-18)15-12(19)11-8-3-2-4-9(13)10(8)16-17-11/h2-6H,1H3,(H,15,19)(H,16,17). The normalized spacial score (nSPS) is 10.8. The lowest BCUT2D eigenvalue weighted by atomic mass is 10.2. The molecule has 3 aromatic rings. The topological polar surface area (TPSA) is 75.6 Å². The van der Waals surface area contributed by atoms with Crippen LogP contribution in [-0.2, 0) is 7.05 Å². The SMILES string of the molecule is Cn1cc(NC(=O)c2n[nH]c3c(F)cccc23)cn1. The molecule has 0 unspecified atom stereocenters. The minimum atomic E-state index is -0.439. The number of aryl methyl sites for hydroxylation is 1. The number of halogens is 1. The molecule has 2 N–H and O–H groups in total. The number of nitrogens with one attached hydrogen (secondary N) is 2. The highest BCUT2D eigenvalue weighted by Gasteiger charge is 2.16. The summed E-state index contributed by atoms with van der Waals surface area (Å²) in [5, 5.41) is 13.4. The Balaban J connectivity index is 1.96. The Bertz CT molecular complexity index is 760. The Labute approximate surface area is 107 Å². The number of anilines is 1. The van der Waals surface area contributed by atoms with Gasteiger partial charge in [-0.3, -0.25) is 14.6 Å². The first-order chi connectivity index (χ1) is 9.15. The Kier molecular flexibility index (Phi) is 2.52. The molecule has 2 heterocycles. The molecular formula is C12H10FN5O. The van der Waals surface area contributed by atoms with Gasteiger partial charge in [-0.05, 0) is 6.07 Å². The fraction of sp³-hybridized carbons (Fsp3) is 0.0833. The van der Waals surface area contributed by atoms with Crippen LogP contribution in [0.15, 0.2) is 30.6 Å². The molecule has 3 rings (SSSR count). The monoisotopic (exact) mass is 259 g/mol. The number of hydrogen-bond acceptors (Lipinski definition) is 3. The van der Waals surface area contributed by atoms with Crippen molar-refractivity contribution < 1.29 is 9.18 Å². The number of amides is 1. The molecule has 1 aromatic carbocycles. The smallest absolute Gasteiger partial charge is 0.276 e. The van der Waals surface area contributed by atoms with Crippen molar-refractivity contribution in [2.75, 3.05) is 5.32 Å². The predicted molar refractivity (Wildman–Crippen MR) is 67.2 cm³/mol. The number of para-hydroxylation sites is 1. The Morgan fingerprint density at radius 1 is 1.47 bits per heavy atom. The van der Waals surface area contributed by atoms with Crippen LogP contribution in [0.1, 0.15) is 10.5 Å². The van der Waals surface area contributed by atoms with Crippen molar-refractivity contribution >= 4 is 22.5 Å². The maximum Gasteiger partial charge on any atom is 0.276 e.